The van der Waals surface area contributed by atoms with Gasteiger partial charge in [0.1, 0.15) is 0 Å². The van der Waals surface area contributed by atoms with Gasteiger partial charge in [0, 0.05) is 45.0 Å². The van der Waals surface area contributed by atoms with E-state index >= 15 is 0 Å². The van der Waals surface area contributed by atoms with Gasteiger partial charge in [0.05, 0.1) is 5.92 Å². The summed E-state index contributed by atoms with van der Waals surface area (Å²) in [6, 6.07) is 15.9. The summed E-state index contributed by atoms with van der Waals surface area (Å²) in [5.41, 5.74) is 4.17. The number of amides is 2. The first kappa shape index (κ1) is 18.0. The average molecular weight is 351 g/mol. The molecule has 1 aliphatic rings. The van der Waals surface area contributed by atoms with E-state index in [1.54, 1.807) is 4.90 Å². The number of benzene rings is 2. The van der Waals surface area contributed by atoms with E-state index in [1.165, 1.54) is 0 Å². The Morgan fingerprint density at radius 3 is 2.38 bits per heavy atom. The van der Waals surface area contributed by atoms with E-state index in [1.807, 2.05) is 74.4 Å². The smallest absolute Gasteiger partial charge is 0.227 e. The van der Waals surface area contributed by atoms with E-state index in [4.69, 9.17) is 0 Å². The maximum atomic E-state index is 12.5. The predicted octanol–water partition coefficient (Wildman–Crippen LogP) is 2.73. The number of nitrogens with one attached hydrogen (secondary N) is 1. The van der Waals surface area contributed by atoms with Gasteiger partial charge in [0.25, 0.3) is 0 Å². The van der Waals surface area contributed by atoms with Gasteiger partial charge >= 0.3 is 0 Å². The molecule has 0 bridgehead atoms. The van der Waals surface area contributed by atoms with Gasteiger partial charge in [-0.3, -0.25) is 9.59 Å². The van der Waals surface area contributed by atoms with Crippen molar-refractivity contribution in [1.29, 1.82) is 0 Å². The second-order valence-corrected chi connectivity index (χ2v) is 7.02. The number of aryl methyl sites for hydroxylation is 1. The van der Waals surface area contributed by atoms with Crippen molar-refractivity contribution in [3.05, 3.63) is 59.7 Å². The summed E-state index contributed by atoms with van der Waals surface area (Å²) in [5.74, 6) is -0.362. The van der Waals surface area contributed by atoms with Crippen LogP contribution in [0.2, 0.25) is 0 Å². The van der Waals surface area contributed by atoms with Gasteiger partial charge in [-0.25, -0.2) is 0 Å². The predicted molar refractivity (Wildman–Crippen MR) is 104 cm³/mol. The van der Waals surface area contributed by atoms with Crippen molar-refractivity contribution < 1.29 is 9.59 Å². The monoisotopic (exact) mass is 351 g/mol. The van der Waals surface area contributed by atoms with E-state index in [0.717, 1.165) is 22.5 Å². The Labute approximate surface area is 154 Å². The van der Waals surface area contributed by atoms with Crippen LogP contribution in [0.4, 0.5) is 11.4 Å². The number of carbonyl (C=O) groups is 2. The van der Waals surface area contributed by atoms with Crippen LogP contribution in [-0.2, 0) is 16.1 Å². The zero-order chi connectivity index (χ0) is 18.7. The van der Waals surface area contributed by atoms with Crippen molar-refractivity contribution in [1.82, 2.24) is 5.32 Å². The Kier molecular flexibility index (Phi) is 5.26. The molecule has 0 spiro atoms. The Morgan fingerprint density at radius 1 is 1.12 bits per heavy atom. The molecule has 1 N–H and O–H groups in total. The number of hydrogen-bond acceptors (Lipinski definition) is 3. The molecule has 5 heteroatoms. The average Bonchev–Trinajstić information content (AvgIpc) is 3.02. The summed E-state index contributed by atoms with van der Waals surface area (Å²) in [5, 5.41) is 2.96. The highest BCUT2D eigenvalue weighted by Crippen LogP contribution is 2.25. The van der Waals surface area contributed by atoms with E-state index in [-0.39, 0.29) is 24.2 Å². The quantitative estimate of drug-likeness (QED) is 0.901. The molecule has 0 saturated carbocycles. The van der Waals surface area contributed by atoms with Gasteiger partial charge in [-0.15, -0.1) is 0 Å². The van der Waals surface area contributed by atoms with Crippen LogP contribution < -0.4 is 15.1 Å². The van der Waals surface area contributed by atoms with Crippen LogP contribution in [0.15, 0.2) is 48.5 Å². The van der Waals surface area contributed by atoms with Crippen LogP contribution in [0.1, 0.15) is 17.5 Å². The molecule has 1 saturated heterocycles. The summed E-state index contributed by atoms with van der Waals surface area (Å²) in [7, 11) is 3.99. The number of rotatable bonds is 5. The van der Waals surface area contributed by atoms with Crippen LogP contribution in [0, 0.1) is 12.8 Å². The molecule has 2 aromatic carbocycles. The van der Waals surface area contributed by atoms with Crippen LogP contribution in [-0.4, -0.2) is 32.5 Å². The van der Waals surface area contributed by atoms with E-state index in [2.05, 4.69) is 5.32 Å². The fourth-order valence-electron chi connectivity index (χ4n) is 3.10. The second kappa shape index (κ2) is 7.60. The minimum Gasteiger partial charge on any atom is -0.378 e. The summed E-state index contributed by atoms with van der Waals surface area (Å²) in [4.78, 5) is 28.5. The molecule has 26 heavy (non-hydrogen) atoms. The van der Waals surface area contributed by atoms with E-state index in [0.29, 0.717) is 13.1 Å². The summed E-state index contributed by atoms with van der Waals surface area (Å²) in [6.07, 6.45) is 0.263. The van der Waals surface area contributed by atoms with Gasteiger partial charge in [-0.2, -0.15) is 0 Å². The van der Waals surface area contributed by atoms with Crippen molar-refractivity contribution in [2.24, 2.45) is 5.92 Å². The maximum Gasteiger partial charge on any atom is 0.227 e. The minimum atomic E-state index is -0.301. The van der Waals surface area contributed by atoms with Crippen LogP contribution in [0.3, 0.4) is 0 Å². The highest BCUT2D eigenvalue weighted by atomic mass is 16.2. The van der Waals surface area contributed by atoms with Gasteiger partial charge in [-0.1, -0.05) is 29.8 Å². The summed E-state index contributed by atoms with van der Waals surface area (Å²) >= 11 is 0. The molecule has 3 rings (SSSR count). The lowest BCUT2D eigenvalue weighted by Gasteiger charge is -2.17. The Hall–Kier alpha value is -2.82. The lowest BCUT2D eigenvalue weighted by Crippen LogP contribution is -2.32. The summed E-state index contributed by atoms with van der Waals surface area (Å²) < 4.78 is 0. The molecule has 2 aromatic rings. The fourth-order valence-corrected chi connectivity index (χ4v) is 3.10. The first-order valence-electron chi connectivity index (χ1n) is 8.85. The van der Waals surface area contributed by atoms with Crippen molar-refractivity contribution in [3.8, 4) is 0 Å². The van der Waals surface area contributed by atoms with E-state index in [9.17, 15) is 9.59 Å². The fraction of sp³-hybridized carbons (Fsp3) is 0.333. The van der Waals surface area contributed by atoms with Gasteiger partial charge in [0.15, 0.2) is 0 Å². The SMILES string of the molecule is Cc1ccc(N2C[C@H](C(=O)NCc3ccc(N(C)C)cc3)CC2=O)cc1. The number of hydrogen-bond donors (Lipinski definition) is 1. The highest BCUT2D eigenvalue weighted by Gasteiger charge is 2.34. The zero-order valence-corrected chi connectivity index (χ0v) is 15.5. The first-order valence-corrected chi connectivity index (χ1v) is 8.85. The molecular formula is C21H25N3O2. The third-order valence-electron chi connectivity index (χ3n) is 4.76. The topological polar surface area (TPSA) is 52.7 Å². The maximum absolute atomic E-state index is 12.5. The molecule has 1 fully saturated rings. The van der Waals surface area contributed by atoms with Crippen molar-refractivity contribution >= 4 is 23.2 Å². The zero-order valence-electron chi connectivity index (χ0n) is 15.5. The first-order chi connectivity index (χ1) is 12.4. The Bertz CT molecular complexity index is 782. The minimum absolute atomic E-state index is 0.00402. The third-order valence-corrected chi connectivity index (χ3v) is 4.76. The molecule has 1 atom stereocenters. The second-order valence-electron chi connectivity index (χ2n) is 7.02. The van der Waals surface area contributed by atoms with Crippen molar-refractivity contribution in [2.45, 2.75) is 19.9 Å². The molecule has 136 valence electrons. The normalized spacial score (nSPS) is 16.7. The highest BCUT2D eigenvalue weighted by molar-refractivity contribution is 6.00. The van der Waals surface area contributed by atoms with Crippen molar-refractivity contribution in [2.75, 3.05) is 30.4 Å². The molecule has 2 amide bonds. The molecule has 5 nitrogen and oxygen atoms in total. The lowest BCUT2D eigenvalue weighted by atomic mass is 10.1. The third kappa shape index (κ3) is 4.04. The molecular weight excluding hydrogens is 326 g/mol. The molecule has 0 aliphatic carbocycles. The standard InChI is InChI=1S/C21H25N3O2/c1-15-4-8-19(9-5-15)24-14-17(12-20(24)25)21(26)22-13-16-6-10-18(11-7-16)23(2)3/h4-11,17H,12-14H2,1-3H3,(H,22,26)/t17-/m1/s1. The summed E-state index contributed by atoms with van der Waals surface area (Å²) in [6.45, 7) is 2.92. The number of anilines is 2. The van der Waals surface area contributed by atoms with E-state index < -0.39 is 0 Å². The van der Waals surface area contributed by atoms with Crippen LogP contribution >= 0.6 is 0 Å². The molecule has 0 aromatic heterocycles. The van der Waals surface area contributed by atoms with Gasteiger partial charge in [0.2, 0.25) is 11.8 Å². The molecule has 0 unspecified atom stereocenters. The largest absolute Gasteiger partial charge is 0.378 e. The van der Waals surface area contributed by atoms with Gasteiger partial charge in [-0.05, 0) is 36.8 Å². The molecule has 1 heterocycles. The number of carbonyl (C=O) groups excluding carboxylic acids is 2. The van der Waals surface area contributed by atoms with Gasteiger partial charge < -0.3 is 15.1 Å². The Morgan fingerprint density at radius 2 is 1.77 bits per heavy atom. The van der Waals surface area contributed by atoms with Crippen LogP contribution in [0.5, 0.6) is 0 Å². The molecule has 0 radical (unpaired) electrons. The van der Waals surface area contributed by atoms with Crippen LogP contribution in [0.25, 0.3) is 0 Å². The number of nitrogens with zero attached hydrogens (tertiary/aromatic N) is 2. The Balaban J connectivity index is 1.57. The molecule has 1 aliphatic heterocycles. The lowest BCUT2D eigenvalue weighted by molar-refractivity contribution is -0.126. The van der Waals surface area contributed by atoms with Crippen molar-refractivity contribution in [3.63, 3.8) is 0 Å².